The molecule has 8 heteroatoms. The first-order chi connectivity index (χ1) is 14.1. The number of nitrogens with zero attached hydrogens (tertiary/aromatic N) is 1. The van der Waals surface area contributed by atoms with Crippen molar-refractivity contribution in [1.29, 1.82) is 0 Å². The van der Waals surface area contributed by atoms with Crippen LogP contribution in [0.1, 0.15) is 50.7 Å². The van der Waals surface area contributed by atoms with Crippen molar-refractivity contribution < 1.29 is 23.9 Å². The second kappa shape index (κ2) is 8.45. The number of imide groups is 1. The lowest BCUT2D eigenvalue weighted by molar-refractivity contribution is -0.155. The minimum atomic E-state index is -1.07. The first-order valence-electron chi connectivity index (χ1n) is 10.4. The van der Waals surface area contributed by atoms with Crippen LogP contribution >= 0.6 is 0 Å². The molecule has 1 aliphatic carbocycles. The van der Waals surface area contributed by atoms with E-state index in [1.54, 1.807) is 6.07 Å². The maximum absolute atomic E-state index is 12.9. The third-order valence-corrected chi connectivity index (χ3v) is 6.11. The molecular formula is C22H29N3O5. The predicted octanol–water partition coefficient (Wildman–Crippen LogP) is 2.67. The monoisotopic (exact) mass is 415 g/mol. The molecule has 30 heavy (non-hydrogen) atoms. The molecule has 3 rings (SSSR count). The van der Waals surface area contributed by atoms with Crippen molar-refractivity contribution in [2.75, 3.05) is 11.9 Å². The molecule has 1 aromatic rings. The van der Waals surface area contributed by atoms with Gasteiger partial charge in [0.1, 0.15) is 12.1 Å². The Morgan fingerprint density at radius 1 is 1.30 bits per heavy atom. The van der Waals surface area contributed by atoms with Crippen LogP contribution in [0.3, 0.4) is 0 Å². The lowest BCUT2D eigenvalue weighted by Crippen LogP contribution is -2.54. The zero-order valence-corrected chi connectivity index (χ0v) is 17.9. The molecule has 8 nitrogen and oxygen atoms in total. The predicted molar refractivity (Wildman–Crippen MR) is 111 cm³/mol. The number of carbonyl (C=O) groups is 4. The van der Waals surface area contributed by atoms with Gasteiger partial charge in [0.15, 0.2) is 6.10 Å². The smallest absolute Gasteiger partial charge is 0.327 e. The molecular weight excluding hydrogens is 386 g/mol. The Kier molecular flexibility index (Phi) is 6.14. The number of amides is 4. The minimum absolute atomic E-state index is 0.00571. The van der Waals surface area contributed by atoms with Gasteiger partial charge in [-0.3, -0.25) is 19.3 Å². The summed E-state index contributed by atoms with van der Waals surface area (Å²) in [6, 6.07) is 5.01. The summed E-state index contributed by atoms with van der Waals surface area (Å²) in [5.41, 5.74) is 1.68. The number of hydrogen-bond donors (Lipinski definition) is 2. The van der Waals surface area contributed by atoms with E-state index in [2.05, 4.69) is 10.6 Å². The van der Waals surface area contributed by atoms with Crippen LogP contribution in [0.15, 0.2) is 18.2 Å². The molecule has 0 bridgehead atoms. The molecule has 2 N–H and O–H groups in total. The fourth-order valence-electron chi connectivity index (χ4n) is 4.24. The van der Waals surface area contributed by atoms with Gasteiger partial charge < -0.3 is 15.4 Å². The maximum Gasteiger partial charge on any atom is 0.327 e. The van der Waals surface area contributed by atoms with Crippen molar-refractivity contribution in [3.8, 4) is 0 Å². The zero-order chi connectivity index (χ0) is 22.1. The zero-order valence-electron chi connectivity index (χ0n) is 17.9. The number of hydrogen-bond acceptors (Lipinski definition) is 5. The van der Waals surface area contributed by atoms with Crippen LogP contribution in [-0.4, -0.2) is 46.9 Å². The van der Waals surface area contributed by atoms with Crippen LogP contribution in [-0.2, 0) is 19.1 Å². The summed E-state index contributed by atoms with van der Waals surface area (Å²) < 4.78 is 5.18. The highest BCUT2D eigenvalue weighted by molar-refractivity contribution is 6.09. The van der Waals surface area contributed by atoms with E-state index in [0.29, 0.717) is 12.1 Å². The van der Waals surface area contributed by atoms with Gasteiger partial charge in [-0.15, -0.1) is 0 Å². The first kappa shape index (κ1) is 21.8. The Morgan fingerprint density at radius 2 is 2.03 bits per heavy atom. The van der Waals surface area contributed by atoms with Crippen molar-refractivity contribution in [2.24, 2.45) is 5.92 Å². The van der Waals surface area contributed by atoms with Gasteiger partial charge in [-0.1, -0.05) is 37.5 Å². The largest absolute Gasteiger partial charge is 0.451 e. The minimum Gasteiger partial charge on any atom is -0.451 e. The molecule has 4 amide bonds. The Bertz CT molecular complexity index is 884. The fraction of sp³-hybridized carbons (Fsp3) is 0.545. The molecule has 0 unspecified atom stereocenters. The van der Waals surface area contributed by atoms with Crippen molar-refractivity contribution in [2.45, 2.75) is 65.0 Å². The van der Waals surface area contributed by atoms with E-state index in [0.717, 1.165) is 35.3 Å². The van der Waals surface area contributed by atoms with Crippen LogP contribution < -0.4 is 10.6 Å². The highest BCUT2D eigenvalue weighted by Gasteiger charge is 2.55. The Hall–Kier alpha value is -2.90. The highest BCUT2D eigenvalue weighted by Crippen LogP contribution is 2.38. The van der Waals surface area contributed by atoms with Crippen LogP contribution in [0.25, 0.3) is 0 Å². The molecule has 2 aliphatic rings. The second-order valence-corrected chi connectivity index (χ2v) is 8.38. The SMILES string of the molecule is Cc1ccc(NC(=O)[C@@H](C)OC(=O)CN2C(=O)N[C@]3(CCCC[C@@H]3C)C2=O)c(C)c1. The molecule has 1 spiro atoms. The summed E-state index contributed by atoms with van der Waals surface area (Å²) in [7, 11) is 0. The third kappa shape index (κ3) is 4.17. The molecule has 1 saturated carbocycles. The van der Waals surface area contributed by atoms with Crippen molar-refractivity contribution in [1.82, 2.24) is 10.2 Å². The van der Waals surface area contributed by atoms with E-state index >= 15 is 0 Å². The van der Waals surface area contributed by atoms with Gasteiger partial charge in [0.25, 0.3) is 11.8 Å². The molecule has 2 fully saturated rings. The molecule has 0 aromatic heterocycles. The molecule has 0 radical (unpaired) electrons. The van der Waals surface area contributed by atoms with Crippen LogP contribution in [0.4, 0.5) is 10.5 Å². The first-order valence-corrected chi connectivity index (χ1v) is 10.4. The summed E-state index contributed by atoms with van der Waals surface area (Å²) in [5, 5.41) is 5.52. The normalized spacial score (nSPS) is 24.5. The van der Waals surface area contributed by atoms with E-state index in [4.69, 9.17) is 4.74 Å². The number of anilines is 1. The number of carbonyl (C=O) groups excluding carboxylic acids is 4. The molecule has 1 heterocycles. The Morgan fingerprint density at radius 3 is 2.70 bits per heavy atom. The Labute approximate surface area is 176 Å². The summed E-state index contributed by atoms with van der Waals surface area (Å²) in [4.78, 5) is 50.9. The number of esters is 1. The van der Waals surface area contributed by atoms with Crippen molar-refractivity contribution in [3.05, 3.63) is 29.3 Å². The lowest BCUT2D eigenvalue weighted by Gasteiger charge is -2.36. The van der Waals surface area contributed by atoms with Crippen LogP contribution in [0.5, 0.6) is 0 Å². The van der Waals surface area contributed by atoms with Gasteiger partial charge in [-0.05, 0) is 51.2 Å². The van der Waals surface area contributed by atoms with Crippen molar-refractivity contribution in [3.63, 3.8) is 0 Å². The van der Waals surface area contributed by atoms with Crippen molar-refractivity contribution >= 4 is 29.5 Å². The average Bonchev–Trinajstić information content (AvgIpc) is 2.91. The number of nitrogens with one attached hydrogen (secondary N) is 2. The van der Waals surface area contributed by atoms with Gasteiger partial charge >= 0.3 is 12.0 Å². The number of benzene rings is 1. The summed E-state index contributed by atoms with van der Waals surface area (Å²) >= 11 is 0. The van der Waals surface area contributed by atoms with Gasteiger partial charge in [0, 0.05) is 5.69 Å². The summed E-state index contributed by atoms with van der Waals surface area (Å²) in [6.07, 6.45) is 2.21. The van der Waals surface area contributed by atoms with Gasteiger partial charge in [0.2, 0.25) is 0 Å². The topological polar surface area (TPSA) is 105 Å². The quantitative estimate of drug-likeness (QED) is 0.568. The van der Waals surface area contributed by atoms with E-state index in [1.165, 1.54) is 6.92 Å². The Balaban J connectivity index is 1.58. The average molecular weight is 415 g/mol. The molecule has 1 saturated heterocycles. The van der Waals surface area contributed by atoms with Gasteiger partial charge in [0.05, 0.1) is 0 Å². The fourth-order valence-corrected chi connectivity index (χ4v) is 4.24. The van der Waals surface area contributed by atoms with E-state index in [1.807, 2.05) is 32.9 Å². The number of urea groups is 1. The van der Waals surface area contributed by atoms with Gasteiger partial charge in [-0.2, -0.15) is 0 Å². The number of ether oxygens (including phenoxy) is 1. The number of aryl methyl sites for hydroxylation is 2. The summed E-state index contributed by atoms with van der Waals surface area (Å²) in [6.45, 7) is 6.71. The van der Waals surface area contributed by atoms with E-state index in [9.17, 15) is 19.2 Å². The number of rotatable bonds is 5. The molecule has 3 atom stereocenters. The van der Waals surface area contributed by atoms with Gasteiger partial charge in [-0.25, -0.2) is 4.79 Å². The second-order valence-electron chi connectivity index (χ2n) is 8.38. The standard InChI is InChI=1S/C22H29N3O5/c1-13-8-9-17(14(2)11-13)23-19(27)16(4)30-18(26)12-25-20(28)22(24-21(25)29)10-6-5-7-15(22)3/h8-9,11,15-16H,5-7,10,12H2,1-4H3,(H,23,27)(H,24,29)/t15-,16+,22-/m0/s1. The van der Waals surface area contributed by atoms with E-state index < -0.39 is 36.1 Å². The van der Waals surface area contributed by atoms with Crippen LogP contribution in [0.2, 0.25) is 0 Å². The molecule has 1 aliphatic heterocycles. The third-order valence-electron chi connectivity index (χ3n) is 6.11. The lowest BCUT2D eigenvalue weighted by atomic mass is 9.73. The summed E-state index contributed by atoms with van der Waals surface area (Å²) in [5.74, 6) is -1.66. The highest BCUT2D eigenvalue weighted by atomic mass is 16.5. The maximum atomic E-state index is 12.9. The molecule has 162 valence electrons. The molecule has 1 aromatic carbocycles. The van der Waals surface area contributed by atoms with Crippen LogP contribution in [0, 0.1) is 19.8 Å². The van der Waals surface area contributed by atoms with E-state index in [-0.39, 0.29) is 11.8 Å².